The molecule has 5 rings (SSSR count). The molecule has 0 aliphatic heterocycles. The Kier molecular flexibility index (Phi) is 10.3. The van der Waals surface area contributed by atoms with Gasteiger partial charge in [-0.3, -0.25) is 4.79 Å². The number of ether oxygens (including phenoxy) is 4. The Morgan fingerprint density at radius 2 is 1.11 bits per heavy atom. The second kappa shape index (κ2) is 14.9. The summed E-state index contributed by atoms with van der Waals surface area (Å²) in [6, 6.07) is 35.6. The lowest BCUT2D eigenvalue weighted by atomic mass is 9.94. The molecule has 0 unspecified atom stereocenters. The number of carbonyl (C=O) groups excluding carboxylic acids is 1. The van der Waals surface area contributed by atoms with Gasteiger partial charge >= 0.3 is 0 Å². The van der Waals surface area contributed by atoms with E-state index in [0.717, 1.165) is 38.9 Å². The number of benzene rings is 5. The van der Waals surface area contributed by atoms with E-state index in [2.05, 4.69) is 0 Å². The maximum atomic E-state index is 13.8. The normalized spacial score (nSPS) is 10.9. The lowest BCUT2D eigenvalue weighted by Gasteiger charge is -2.20. The van der Waals surface area contributed by atoms with Gasteiger partial charge in [0.2, 0.25) is 0 Å². The molecule has 0 saturated heterocycles. The van der Waals surface area contributed by atoms with Crippen molar-refractivity contribution in [2.75, 3.05) is 7.11 Å². The molecule has 0 heterocycles. The third kappa shape index (κ3) is 7.81. The summed E-state index contributed by atoms with van der Waals surface area (Å²) in [6.45, 7) is 7.07. The van der Waals surface area contributed by atoms with Crippen LogP contribution in [0.15, 0.2) is 115 Å². The molecular formula is C40H38O5. The van der Waals surface area contributed by atoms with Crippen molar-refractivity contribution in [2.45, 2.75) is 40.6 Å². The van der Waals surface area contributed by atoms with Gasteiger partial charge < -0.3 is 18.9 Å². The van der Waals surface area contributed by atoms with Gasteiger partial charge in [0.15, 0.2) is 5.78 Å². The molecule has 0 atom stereocenters. The van der Waals surface area contributed by atoms with Gasteiger partial charge in [0.1, 0.15) is 42.8 Å². The van der Waals surface area contributed by atoms with Crippen LogP contribution in [0.5, 0.6) is 23.0 Å². The molecule has 228 valence electrons. The SMILES string of the molecule is COc1c(C)c(C)c(OCc2ccccc2)c(C)c1C(=O)/C=C/c1ccc(OCc2ccccc2)cc1OCc1ccccc1. The fourth-order valence-corrected chi connectivity index (χ4v) is 5.18. The molecule has 0 spiro atoms. The van der Waals surface area contributed by atoms with E-state index in [1.54, 1.807) is 19.3 Å². The molecule has 0 amide bonds. The van der Waals surface area contributed by atoms with E-state index in [4.69, 9.17) is 18.9 Å². The van der Waals surface area contributed by atoms with Crippen LogP contribution in [0.2, 0.25) is 0 Å². The first kappa shape index (κ1) is 31.1. The topological polar surface area (TPSA) is 54.0 Å². The first-order valence-electron chi connectivity index (χ1n) is 15.0. The predicted octanol–water partition coefficient (Wildman–Crippen LogP) is 9.25. The summed E-state index contributed by atoms with van der Waals surface area (Å²) in [4.78, 5) is 13.8. The van der Waals surface area contributed by atoms with E-state index in [1.807, 2.05) is 130 Å². The monoisotopic (exact) mass is 598 g/mol. The summed E-state index contributed by atoms with van der Waals surface area (Å²) in [5, 5.41) is 0. The van der Waals surface area contributed by atoms with Crippen molar-refractivity contribution >= 4 is 11.9 Å². The highest BCUT2D eigenvalue weighted by molar-refractivity contribution is 6.10. The van der Waals surface area contributed by atoms with Crippen molar-refractivity contribution in [3.8, 4) is 23.0 Å². The molecule has 45 heavy (non-hydrogen) atoms. The summed E-state index contributed by atoms with van der Waals surface area (Å²) in [6.07, 6.45) is 3.35. The third-order valence-electron chi connectivity index (χ3n) is 7.75. The van der Waals surface area contributed by atoms with Gasteiger partial charge in [0, 0.05) is 17.2 Å². The molecule has 0 aliphatic rings. The van der Waals surface area contributed by atoms with E-state index in [1.165, 1.54) is 0 Å². The van der Waals surface area contributed by atoms with E-state index >= 15 is 0 Å². The summed E-state index contributed by atoms with van der Waals surface area (Å²) >= 11 is 0. The predicted molar refractivity (Wildman–Crippen MR) is 179 cm³/mol. The van der Waals surface area contributed by atoms with Gasteiger partial charge in [-0.2, -0.15) is 0 Å². The maximum absolute atomic E-state index is 13.8. The zero-order valence-electron chi connectivity index (χ0n) is 26.2. The van der Waals surface area contributed by atoms with Crippen molar-refractivity contribution in [1.29, 1.82) is 0 Å². The zero-order valence-corrected chi connectivity index (χ0v) is 26.2. The Balaban J connectivity index is 1.42. The molecule has 5 aromatic carbocycles. The molecule has 0 N–H and O–H groups in total. The van der Waals surface area contributed by atoms with Crippen molar-refractivity contribution in [1.82, 2.24) is 0 Å². The number of methoxy groups -OCH3 is 1. The number of allylic oxidation sites excluding steroid dienone is 1. The van der Waals surface area contributed by atoms with Gasteiger partial charge in [-0.1, -0.05) is 91.0 Å². The number of hydrogen-bond acceptors (Lipinski definition) is 5. The zero-order chi connectivity index (χ0) is 31.6. The van der Waals surface area contributed by atoms with Crippen LogP contribution in [0, 0.1) is 20.8 Å². The molecule has 0 aromatic heterocycles. The largest absolute Gasteiger partial charge is 0.496 e. The van der Waals surface area contributed by atoms with E-state index < -0.39 is 0 Å². The van der Waals surface area contributed by atoms with Crippen LogP contribution < -0.4 is 18.9 Å². The smallest absolute Gasteiger partial charge is 0.190 e. The average molecular weight is 599 g/mol. The summed E-state index contributed by atoms with van der Waals surface area (Å²) in [5.74, 6) is 2.36. The lowest BCUT2D eigenvalue weighted by Crippen LogP contribution is -2.09. The van der Waals surface area contributed by atoms with Gasteiger partial charge in [-0.25, -0.2) is 0 Å². The molecule has 0 radical (unpaired) electrons. The molecule has 5 aromatic rings. The van der Waals surface area contributed by atoms with E-state index in [-0.39, 0.29) is 5.78 Å². The van der Waals surface area contributed by atoms with Gasteiger partial charge in [-0.15, -0.1) is 0 Å². The standard InChI is InChI=1S/C40H38O5/c1-28-29(2)40(42-4)38(30(3)39(28)45-27-33-18-12-7-13-19-33)36(41)23-21-34-20-22-35(43-25-31-14-8-5-9-15-31)24-37(34)44-26-32-16-10-6-11-17-32/h5-24H,25-27H2,1-4H3/b23-21+. The van der Waals surface area contributed by atoms with Crippen LogP contribution in [0.1, 0.15) is 49.3 Å². The highest BCUT2D eigenvalue weighted by Crippen LogP contribution is 2.39. The van der Waals surface area contributed by atoms with Crippen LogP contribution in [0.25, 0.3) is 6.08 Å². The van der Waals surface area contributed by atoms with Crippen LogP contribution in [0.3, 0.4) is 0 Å². The molecular weight excluding hydrogens is 560 g/mol. The van der Waals surface area contributed by atoms with Crippen molar-refractivity contribution in [3.63, 3.8) is 0 Å². The van der Waals surface area contributed by atoms with Crippen molar-refractivity contribution in [2.24, 2.45) is 0 Å². The minimum atomic E-state index is -0.185. The first-order chi connectivity index (χ1) is 21.9. The van der Waals surface area contributed by atoms with Crippen molar-refractivity contribution < 1.29 is 23.7 Å². The number of ketones is 1. The summed E-state index contributed by atoms with van der Waals surface area (Å²) < 4.78 is 24.4. The fraction of sp³-hybridized carbons (Fsp3) is 0.175. The average Bonchev–Trinajstić information content (AvgIpc) is 3.08. The van der Waals surface area contributed by atoms with Crippen LogP contribution in [-0.2, 0) is 19.8 Å². The Morgan fingerprint density at radius 1 is 0.600 bits per heavy atom. The molecule has 0 fully saturated rings. The molecule has 0 saturated carbocycles. The number of hydrogen-bond donors (Lipinski definition) is 0. The van der Waals surface area contributed by atoms with Crippen LogP contribution in [0.4, 0.5) is 0 Å². The maximum Gasteiger partial charge on any atom is 0.190 e. The quantitative estimate of drug-likeness (QED) is 0.0999. The van der Waals surface area contributed by atoms with Gasteiger partial charge in [0.25, 0.3) is 0 Å². The molecule has 0 bridgehead atoms. The first-order valence-corrected chi connectivity index (χ1v) is 15.0. The third-order valence-corrected chi connectivity index (χ3v) is 7.75. The number of rotatable bonds is 13. The second-order valence-electron chi connectivity index (χ2n) is 10.8. The van der Waals surface area contributed by atoms with Crippen LogP contribution >= 0.6 is 0 Å². The second-order valence-corrected chi connectivity index (χ2v) is 10.8. The molecule has 5 nitrogen and oxygen atoms in total. The Labute approximate surface area is 265 Å². The minimum Gasteiger partial charge on any atom is -0.496 e. The van der Waals surface area contributed by atoms with Crippen molar-refractivity contribution in [3.05, 3.63) is 160 Å². The molecule has 0 aliphatic carbocycles. The van der Waals surface area contributed by atoms with E-state index in [9.17, 15) is 4.79 Å². The lowest BCUT2D eigenvalue weighted by molar-refractivity contribution is 0.104. The van der Waals surface area contributed by atoms with Crippen LogP contribution in [-0.4, -0.2) is 12.9 Å². The van der Waals surface area contributed by atoms with Gasteiger partial charge in [-0.05, 0) is 72.9 Å². The summed E-state index contributed by atoms with van der Waals surface area (Å²) in [5.41, 5.74) is 6.96. The Hall–Kier alpha value is -5.29. The Bertz CT molecular complexity index is 1760. The Morgan fingerprint density at radius 3 is 1.67 bits per heavy atom. The molecule has 5 heteroatoms. The highest BCUT2D eigenvalue weighted by atomic mass is 16.5. The van der Waals surface area contributed by atoms with Gasteiger partial charge in [0.05, 0.1) is 12.7 Å². The fourth-order valence-electron chi connectivity index (χ4n) is 5.18. The number of carbonyl (C=O) groups is 1. The highest BCUT2D eigenvalue weighted by Gasteiger charge is 2.23. The summed E-state index contributed by atoms with van der Waals surface area (Å²) in [7, 11) is 1.59. The van der Waals surface area contributed by atoms with E-state index in [0.29, 0.717) is 48.4 Å². The minimum absolute atomic E-state index is 0.185.